The lowest BCUT2D eigenvalue weighted by atomic mass is 10.0. The molecule has 1 unspecified atom stereocenters. The highest BCUT2D eigenvalue weighted by atomic mass is 127. The zero-order chi connectivity index (χ0) is 20.5. The monoisotopic (exact) mass is 531 g/mol. The number of nitrogens with one attached hydrogen (secondary N) is 2. The average molecular weight is 532 g/mol. The van der Waals surface area contributed by atoms with Gasteiger partial charge in [-0.1, -0.05) is 45.4 Å². The maximum atomic E-state index is 4.81. The summed E-state index contributed by atoms with van der Waals surface area (Å²) in [7, 11) is 2.00. The maximum absolute atomic E-state index is 4.81. The highest BCUT2D eigenvalue weighted by molar-refractivity contribution is 14.0. The number of halogens is 1. The van der Waals surface area contributed by atoms with Gasteiger partial charge in [0.25, 0.3) is 0 Å². The van der Waals surface area contributed by atoms with E-state index < -0.39 is 0 Å². The molecule has 7 nitrogen and oxygen atoms in total. The van der Waals surface area contributed by atoms with Crippen LogP contribution in [0.3, 0.4) is 0 Å². The van der Waals surface area contributed by atoms with E-state index >= 15 is 0 Å². The zero-order valence-corrected chi connectivity index (χ0v) is 21.5. The SMILES string of the molecule is CCN1CCCC1CNC(=NCc1nnc(C)n1C)NCCCCC1CCCC1.I. The van der Waals surface area contributed by atoms with Crippen LogP contribution in [0.15, 0.2) is 4.99 Å². The summed E-state index contributed by atoms with van der Waals surface area (Å²) in [4.78, 5) is 7.38. The van der Waals surface area contributed by atoms with E-state index in [4.69, 9.17) is 4.99 Å². The summed E-state index contributed by atoms with van der Waals surface area (Å²) in [6, 6.07) is 0.617. The van der Waals surface area contributed by atoms with Crippen LogP contribution in [0.1, 0.15) is 76.4 Å². The first-order valence-electron chi connectivity index (χ1n) is 11.8. The topological polar surface area (TPSA) is 70.4 Å². The van der Waals surface area contributed by atoms with E-state index in [1.807, 2.05) is 18.5 Å². The predicted molar refractivity (Wildman–Crippen MR) is 134 cm³/mol. The van der Waals surface area contributed by atoms with Gasteiger partial charge in [-0.25, -0.2) is 4.99 Å². The summed E-state index contributed by atoms with van der Waals surface area (Å²) >= 11 is 0. The molecule has 0 bridgehead atoms. The van der Waals surface area contributed by atoms with Gasteiger partial charge in [-0.05, 0) is 45.2 Å². The van der Waals surface area contributed by atoms with Crippen LogP contribution >= 0.6 is 24.0 Å². The molecule has 2 aliphatic rings. The van der Waals surface area contributed by atoms with Crippen molar-refractivity contribution in [1.82, 2.24) is 30.3 Å². The molecule has 8 heteroatoms. The molecule has 1 aliphatic heterocycles. The van der Waals surface area contributed by atoms with Gasteiger partial charge >= 0.3 is 0 Å². The van der Waals surface area contributed by atoms with Crippen LogP contribution in [0.5, 0.6) is 0 Å². The van der Waals surface area contributed by atoms with Crippen molar-refractivity contribution >= 4 is 29.9 Å². The standard InChI is InChI=1S/C22H41N7.HI/c1-4-29-15-9-13-20(29)16-24-22(25-17-21-27-26-18(2)28(21)3)23-14-8-7-12-19-10-5-6-11-19;/h19-20H,4-17H2,1-3H3,(H2,23,24,25);1H. The number of nitrogens with zero attached hydrogens (tertiary/aromatic N) is 5. The molecule has 172 valence electrons. The summed E-state index contributed by atoms with van der Waals surface area (Å²) in [6.07, 6.45) is 12.3. The van der Waals surface area contributed by atoms with Crippen molar-refractivity contribution in [2.24, 2.45) is 18.0 Å². The van der Waals surface area contributed by atoms with Crippen molar-refractivity contribution < 1.29 is 0 Å². The van der Waals surface area contributed by atoms with Crippen molar-refractivity contribution in [3.05, 3.63) is 11.6 Å². The second kappa shape index (κ2) is 13.5. The number of aliphatic imine (C=N–C) groups is 1. The molecule has 2 fully saturated rings. The third-order valence-electron chi connectivity index (χ3n) is 6.78. The summed E-state index contributed by atoms with van der Waals surface area (Å²) < 4.78 is 2.01. The van der Waals surface area contributed by atoms with E-state index in [0.717, 1.165) is 43.2 Å². The van der Waals surface area contributed by atoms with Crippen LogP contribution in [0.25, 0.3) is 0 Å². The fraction of sp³-hybridized carbons (Fsp3) is 0.864. The number of likely N-dealkylation sites (tertiary alicyclic amines) is 1. The third kappa shape index (κ3) is 7.66. The average Bonchev–Trinajstić information content (AvgIpc) is 3.47. The second-order valence-electron chi connectivity index (χ2n) is 8.77. The molecule has 30 heavy (non-hydrogen) atoms. The molecule has 0 radical (unpaired) electrons. The third-order valence-corrected chi connectivity index (χ3v) is 6.78. The Morgan fingerprint density at radius 2 is 1.90 bits per heavy atom. The number of hydrogen-bond donors (Lipinski definition) is 2. The summed E-state index contributed by atoms with van der Waals surface area (Å²) in [5.74, 6) is 3.73. The van der Waals surface area contributed by atoms with E-state index in [1.165, 1.54) is 64.3 Å². The van der Waals surface area contributed by atoms with Crippen molar-refractivity contribution in [2.75, 3.05) is 26.2 Å². The van der Waals surface area contributed by atoms with Gasteiger partial charge in [0.05, 0.1) is 0 Å². The van der Waals surface area contributed by atoms with Gasteiger partial charge in [-0.15, -0.1) is 34.2 Å². The molecule has 0 amide bonds. The van der Waals surface area contributed by atoms with Gasteiger partial charge < -0.3 is 15.2 Å². The zero-order valence-electron chi connectivity index (χ0n) is 19.2. The van der Waals surface area contributed by atoms with E-state index in [-0.39, 0.29) is 24.0 Å². The van der Waals surface area contributed by atoms with Crippen LogP contribution in [0, 0.1) is 12.8 Å². The van der Waals surface area contributed by atoms with E-state index in [1.54, 1.807) is 0 Å². The molecule has 2 N–H and O–H groups in total. The Morgan fingerprint density at radius 3 is 2.60 bits per heavy atom. The number of rotatable bonds is 10. The molecule has 2 heterocycles. The van der Waals surface area contributed by atoms with Gasteiger partial charge in [-0.2, -0.15) is 0 Å². The van der Waals surface area contributed by atoms with Crippen LogP contribution in [0.2, 0.25) is 0 Å². The molecule has 1 aromatic rings. The predicted octanol–water partition coefficient (Wildman–Crippen LogP) is 3.62. The molecule has 1 saturated carbocycles. The van der Waals surface area contributed by atoms with E-state index in [2.05, 4.69) is 32.7 Å². The lowest BCUT2D eigenvalue weighted by molar-refractivity contribution is 0.267. The van der Waals surface area contributed by atoms with Crippen molar-refractivity contribution in [2.45, 2.75) is 84.2 Å². The van der Waals surface area contributed by atoms with Gasteiger partial charge in [0.15, 0.2) is 11.8 Å². The molecule has 1 saturated heterocycles. The second-order valence-corrected chi connectivity index (χ2v) is 8.77. The maximum Gasteiger partial charge on any atom is 0.191 e. The fourth-order valence-electron chi connectivity index (χ4n) is 4.73. The van der Waals surface area contributed by atoms with E-state index in [9.17, 15) is 0 Å². The molecular weight excluding hydrogens is 489 g/mol. The molecule has 1 aromatic heterocycles. The Morgan fingerprint density at radius 1 is 1.10 bits per heavy atom. The Hall–Kier alpha value is -0.900. The number of unbranched alkanes of at least 4 members (excludes halogenated alkanes) is 1. The van der Waals surface area contributed by atoms with Gasteiger partial charge in [0.1, 0.15) is 12.4 Å². The van der Waals surface area contributed by atoms with Gasteiger partial charge in [0, 0.05) is 26.2 Å². The number of guanidine groups is 1. The molecule has 1 aliphatic carbocycles. The fourth-order valence-corrected chi connectivity index (χ4v) is 4.73. The minimum atomic E-state index is 0. The summed E-state index contributed by atoms with van der Waals surface area (Å²) in [5, 5.41) is 15.5. The quantitative estimate of drug-likeness (QED) is 0.209. The van der Waals surface area contributed by atoms with Crippen molar-refractivity contribution in [1.29, 1.82) is 0 Å². The normalized spacial score (nSPS) is 20.5. The number of hydrogen-bond acceptors (Lipinski definition) is 4. The minimum absolute atomic E-state index is 0. The summed E-state index contributed by atoms with van der Waals surface area (Å²) in [6.45, 7) is 9.08. The molecule has 3 rings (SSSR count). The molecule has 1 atom stereocenters. The number of likely N-dealkylation sites (N-methyl/N-ethyl adjacent to an activating group) is 1. The van der Waals surface area contributed by atoms with Crippen molar-refractivity contribution in [3.63, 3.8) is 0 Å². The van der Waals surface area contributed by atoms with Gasteiger partial charge in [0.2, 0.25) is 0 Å². The molecular formula is C22H42IN7. The number of aryl methyl sites for hydroxylation is 1. The minimum Gasteiger partial charge on any atom is -0.356 e. The highest BCUT2D eigenvalue weighted by Crippen LogP contribution is 2.28. The number of aromatic nitrogens is 3. The first-order chi connectivity index (χ1) is 14.2. The van der Waals surface area contributed by atoms with Crippen LogP contribution < -0.4 is 10.6 Å². The van der Waals surface area contributed by atoms with Crippen LogP contribution in [0.4, 0.5) is 0 Å². The lowest BCUT2D eigenvalue weighted by Gasteiger charge is -2.24. The van der Waals surface area contributed by atoms with E-state index in [0.29, 0.717) is 12.6 Å². The molecule has 0 aromatic carbocycles. The lowest BCUT2D eigenvalue weighted by Crippen LogP contribution is -2.45. The van der Waals surface area contributed by atoms with Gasteiger partial charge in [-0.3, -0.25) is 4.90 Å². The smallest absolute Gasteiger partial charge is 0.191 e. The van der Waals surface area contributed by atoms with Crippen LogP contribution in [-0.4, -0.2) is 57.8 Å². The van der Waals surface area contributed by atoms with Crippen LogP contribution in [-0.2, 0) is 13.6 Å². The highest BCUT2D eigenvalue weighted by Gasteiger charge is 2.22. The Balaban J connectivity index is 0.00000320. The van der Waals surface area contributed by atoms with Crippen molar-refractivity contribution in [3.8, 4) is 0 Å². The first-order valence-corrected chi connectivity index (χ1v) is 11.8. The Labute approximate surface area is 199 Å². The Kier molecular flexibility index (Phi) is 11.4. The summed E-state index contributed by atoms with van der Waals surface area (Å²) in [5.41, 5.74) is 0. The first kappa shape index (κ1) is 25.4. The largest absolute Gasteiger partial charge is 0.356 e. The molecule has 0 spiro atoms. The Bertz CT molecular complexity index is 639.